The standard InChI is InChI=1S/C26H35N5O4S/c1-4-30-17-24(28-29-30)8-7-21(13-26(32)33)20-6-5-19(3)23(12-20)16-31-15-18(2)11-22-9-10-27-14-25(22)36(31,34)35/h5-6,9-10,12,14,17-18,21,34-35H,4,7-8,11,13,15-16H2,1-3H3,(H,32,33). The number of aromatic nitrogens is 4. The van der Waals surface area contributed by atoms with Gasteiger partial charge in [-0.3, -0.25) is 23.6 Å². The van der Waals surface area contributed by atoms with Gasteiger partial charge in [-0.25, -0.2) is 0 Å². The van der Waals surface area contributed by atoms with Crippen molar-refractivity contribution in [2.45, 2.75) is 70.4 Å². The van der Waals surface area contributed by atoms with E-state index < -0.39 is 16.7 Å². The highest BCUT2D eigenvalue weighted by molar-refractivity contribution is 8.22. The molecule has 0 amide bonds. The van der Waals surface area contributed by atoms with Gasteiger partial charge >= 0.3 is 5.97 Å². The van der Waals surface area contributed by atoms with Gasteiger partial charge in [-0.2, -0.15) is 4.31 Å². The van der Waals surface area contributed by atoms with E-state index in [1.54, 1.807) is 21.4 Å². The number of benzene rings is 1. The molecule has 194 valence electrons. The van der Waals surface area contributed by atoms with Gasteiger partial charge in [0, 0.05) is 32.0 Å². The van der Waals surface area contributed by atoms with E-state index in [4.69, 9.17) is 0 Å². The maximum Gasteiger partial charge on any atom is 0.303 e. The van der Waals surface area contributed by atoms with Gasteiger partial charge in [0.1, 0.15) is 0 Å². The summed E-state index contributed by atoms with van der Waals surface area (Å²) in [5.41, 5.74) is 4.69. The molecule has 36 heavy (non-hydrogen) atoms. The molecule has 3 N–H and O–H groups in total. The van der Waals surface area contributed by atoms with Crippen LogP contribution in [0.15, 0.2) is 47.8 Å². The molecule has 3 aromatic rings. The fourth-order valence-corrected chi connectivity index (χ4v) is 6.61. The van der Waals surface area contributed by atoms with Crippen LogP contribution in [-0.4, -0.2) is 51.0 Å². The summed E-state index contributed by atoms with van der Waals surface area (Å²) in [7, 11) is -3.21. The van der Waals surface area contributed by atoms with E-state index in [9.17, 15) is 19.0 Å². The molecule has 4 rings (SSSR count). The fraction of sp³-hybridized carbons (Fsp3) is 0.462. The summed E-state index contributed by atoms with van der Waals surface area (Å²) in [4.78, 5) is 16.3. The van der Waals surface area contributed by atoms with Crippen molar-refractivity contribution in [3.63, 3.8) is 0 Å². The molecule has 2 aromatic heterocycles. The Morgan fingerprint density at radius 2 is 2.08 bits per heavy atom. The van der Waals surface area contributed by atoms with Gasteiger partial charge < -0.3 is 5.11 Å². The zero-order valence-corrected chi connectivity index (χ0v) is 21.9. The molecule has 2 atom stereocenters. The maximum atomic E-state index is 11.7. The first kappa shape index (κ1) is 26.3. The van der Waals surface area contributed by atoms with Crippen LogP contribution in [0.25, 0.3) is 0 Å². The van der Waals surface area contributed by atoms with E-state index in [0.29, 0.717) is 30.8 Å². The largest absolute Gasteiger partial charge is 0.481 e. The number of rotatable bonds is 9. The number of carbonyl (C=O) groups is 1. The van der Waals surface area contributed by atoms with Crippen LogP contribution in [0.4, 0.5) is 0 Å². The summed E-state index contributed by atoms with van der Waals surface area (Å²) in [6.45, 7) is 7.73. The lowest BCUT2D eigenvalue weighted by Crippen LogP contribution is -2.30. The Labute approximate surface area is 213 Å². The van der Waals surface area contributed by atoms with Crippen LogP contribution in [0.3, 0.4) is 0 Å². The van der Waals surface area contributed by atoms with Crippen molar-refractivity contribution in [1.29, 1.82) is 0 Å². The Hall–Kier alpha value is -2.79. The SMILES string of the molecule is CCn1cc(CCC(CC(=O)O)c2ccc(C)c(CN3CC(C)Cc4ccncc4S3(O)O)c2)nn1. The molecule has 0 bridgehead atoms. The monoisotopic (exact) mass is 513 g/mol. The minimum atomic E-state index is -3.21. The number of carboxylic acids is 1. The van der Waals surface area contributed by atoms with Crippen molar-refractivity contribution in [2.75, 3.05) is 6.54 Å². The highest BCUT2D eigenvalue weighted by atomic mass is 32.3. The number of pyridine rings is 1. The molecular weight excluding hydrogens is 478 g/mol. The van der Waals surface area contributed by atoms with Gasteiger partial charge in [-0.1, -0.05) is 30.3 Å². The minimum Gasteiger partial charge on any atom is -0.481 e. The molecule has 10 heteroatoms. The Morgan fingerprint density at radius 1 is 1.28 bits per heavy atom. The van der Waals surface area contributed by atoms with Crippen molar-refractivity contribution >= 4 is 16.7 Å². The lowest BCUT2D eigenvalue weighted by molar-refractivity contribution is -0.137. The number of hydrogen-bond acceptors (Lipinski definition) is 7. The summed E-state index contributed by atoms with van der Waals surface area (Å²) in [5.74, 6) is -0.805. The average molecular weight is 514 g/mol. The van der Waals surface area contributed by atoms with E-state index in [-0.39, 0.29) is 18.3 Å². The van der Waals surface area contributed by atoms with E-state index in [1.165, 1.54) is 0 Å². The molecule has 0 radical (unpaired) electrons. The molecule has 0 fully saturated rings. The second kappa shape index (κ2) is 11.1. The van der Waals surface area contributed by atoms with Crippen LogP contribution in [-0.2, 0) is 30.7 Å². The molecule has 0 saturated carbocycles. The Kier molecular flexibility index (Phi) is 8.09. The molecule has 9 nitrogen and oxygen atoms in total. The second-order valence-corrected chi connectivity index (χ2v) is 11.7. The van der Waals surface area contributed by atoms with Gasteiger partial charge in [-0.15, -0.1) is 15.9 Å². The highest BCUT2D eigenvalue weighted by Gasteiger charge is 2.33. The summed E-state index contributed by atoms with van der Waals surface area (Å²) in [5, 5.41) is 17.9. The zero-order valence-electron chi connectivity index (χ0n) is 21.0. The van der Waals surface area contributed by atoms with Crippen molar-refractivity contribution in [2.24, 2.45) is 5.92 Å². The first-order chi connectivity index (χ1) is 17.2. The zero-order chi connectivity index (χ0) is 25.9. The van der Waals surface area contributed by atoms with Crippen molar-refractivity contribution in [3.05, 3.63) is 70.8 Å². The number of nitrogens with zero attached hydrogens (tertiary/aromatic N) is 5. The van der Waals surface area contributed by atoms with Crippen LogP contribution in [0.2, 0.25) is 0 Å². The number of hydrogen-bond donors (Lipinski definition) is 3. The second-order valence-electron chi connectivity index (χ2n) is 9.72. The van der Waals surface area contributed by atoms with Gasteiger partial charge in [-0.05, 0) is 73.3 Å². The topological polar surface area (TPSA) is 125 Å². The van der Waals surface area contributed by atoms with Gasteiger partial charge in [0.2, 0.25) is 0 Å². The van der Waals surface area contributed by atoms with E-state index in [2.05, 4.69) is 22.2 Å². The summed E-state index contributed by atoms with van der Waals surface area (Å²) >= 11 is 0. The normalized spacial score (nSPS) is 19.3. The molecular formula is C26H35N5O4S. The van der Waals surface area contributed by atoms with Crippen LogP contribution < -0.4 is 0 Å². The van der Waals surface area contributed by atoms with Crippen LogP contribution in [0.5, 0.6) is 0 Å². The van der Waals surface area contributed by atoms with E-state index in [1.807, 2.05) is 44.3 Å². The highest BCUT2D eigenvalue weighted by Crippen LogP contribution is 2.55. The van der Waals surface area contributed by atoms with Crippen LogP contribution in [0, 0.1) is 12.8 Å². The molecule has 0 spiro atoms. The molecule has 1 aliphatic heterocycles. The fourth-order valence-electron chi connectivity index (χ4n) is 4.84. The van der Waals surface area contributed by atoms with Crippen molar-refractivity contribution < 1.29 is 19.0 Å². The Bertz CT molecular complexity index is 1210. The van der Waals surface area contributed by atoms with Gasteiger partial charge in [0.25, 0.3) is 0 Å². The summed E-state index contributed by atoms with van der Waals surface area (Å²) in [6, 6.07) is 7.87. The third-order valence-corrected chi connectivity index (χ3v) is 8.84. The van der Waals surface area contributed by atoms with Crippen molar-refractivity contribution in [3.8, 4) is 0 Å². The Balaban J connectivity index is 1.59. The first-order valence-electron chi connectivity index (χ1n) is 12.3. The van der Waals surface area contributed by atoms with Crippen molar-refractivity contribution in [1.82, 2.24) is 24.3 Å². The Morgan fingerprint density at radius 3 is 2.81 bits per heavy atom. The summed E-state index contributed by atoms with van der Waals surface area (Å²) in [6.07, 6.45) is 7.19. The maximum absolute atomic E-state index is 11.7. The number of aliphatic carboxylic acids is 1. The van der Waals surface area contributed by atoms with E-state index in [0.717, 1.165) is 40.9 Å². The van der Waals surface area contributed by atoms with Gasteiger partial charge in [0.05, 0.1) is 23.2 Å². The third kappa shape index (κ3) is 5.95. The predicted octanol–water partition coefficient (Wildman–Crippen LogP) is 4.91. The average Bonchev–Trinajstić information content (AvgIpc) is 3.27. The van der Waals surface area contributed by atoms with Crippen LogP contribution in [0.1, 0.15) is 60.6 Å². The number of aryl methyl sites for hydroxylation is 3. The van der Waals surface area contributed by atoms with Crippen LogP contribution >= 0.6 is 10.8 Å². The lowest BCUT2D eigenvalue weighted by Gasteiger charge is -2.42. The molecule has 0 aliphatic carbocycles. The predicted molar refractivity (Wildman–Crippen MR) is 139 cm³/mol. The molecule has 1 aliphatic rings. The first-order valence-corrected chi connectivity index (χ1v) is 13.8. The minimum absolute atomic E-state index is 0.0133. The van der Waals surface area contributed by atoms with E-state index >= 15 is 0 Å². The number of carboxylic acid groups (broad SMARTS) is 1. The van der Waals surface area contributed by atoms with Gasteiger partial charge in [0.15, 0.2) is 0 Å². The molecule has 1 aromatic carbocycles. The quantitative estimate of drug-likeness (QED) is 0.369. The number of fused-ring (bicyclic) bond motifs is 1. The molecule has 0 saturated heterocycles. The summed E-state index contributed by atoms with van der Waals surface area (Å²) < 4.78 is 26.1. The molecule has 3 heterocycles. The smallest absolute Gasteiger partial charge is 0.303 e. The lowest BCUT2D eigenvalue weighted by atomic mass is 9.88. The molecule has 2 unspecified atom stereocenters. The third-order valence-electron chi connectivity index (χ3n) is 6.88.